The Hall–Kier alpha value is -2.72. The molecule has 9 heteroatoms. The summed E-state index contributed by atoms with van der Waals surface area (Å²) in [6.07, 6.45) is 12.6. The van der Waals surface area contributed by atoms with Crippen LogP contribution < -0.4 is 15.1 Å². The van der Waals surface area contributed by atoms with Gasteiger partial charge >= 0.3 is 0 Å². The Labute approximate surface area is 199 Å². The van der Waals surface area contributed by atoms with Gasteiger partial charge in [0.25, 0.3) is 5.82 Å². The summed E-state index contributed by atoms with van der Waals surface area (Å²) in [5, 5.41) is 17.2. The minimum atomic E-state index is 0.113. The van der Waals surface area contributed by atoms with Crippen LogP contribution in [0.5, 0.6) is 5.75 Å². The molecule has 0 aliphatic carbocycles. The molecular formula is C25H32N7O2+. The van der Waals surface area contributed by atoms with Crippen LogP contribution in [0.3, 0.4) is 0 Å². The number of aliphatic imine (C=N–C) groups is 1. The smallest absolute Gasteiger partial charge is 0.264 e. The van der Waals surface area contributed by atoms with E-state index in [-0.39, 0.29) is 5.75 Å². The van der Waals surface area contributed by atoms with Crippen molar-refractivity contribution in [1.82, 2.24) is 30.1 Å². The highest BCUT2D eigenvalue weighted by Gasteiger charge is 2.52. The van der Waals surface area contributed by atoms with E-state index >= 15 is 0 Å². The number of hydrogen-bond donors (Lipinski definition) is 3. The molecule has 2 fully saturated rings. The number of rotatable bonds is 4. The molecule has 0 atom stereocenters. The van der Waals surface area contributed by atoms with Gasteiger partial charge in [0.2, 0.25) is 0 Å². The predicted octanol–water partition coefficient (Wildman–Crippen LogP) is 2.53. The Balaban J connectivity index is 1.56. The van der Waals surface area contributed by atoms with Gasteiger partial charge in [0.1, 0.15) is 23.5 Å². The van der Waals surface area contributed by atoms with Gasteiger partial charge in [0.05, 0.1) is 19.4 Å². The fourth-order valence-electron chi connectivity index (χ4n) is 5.99. The summed E-state index contributed by atoms with van der Waals surface area (Å²) in [6, 6.07) is 2.54. The number of fused-ring (bicyclic) bond motifs is 1. The number of ether oxygens (including phenoxy) is 1. The Bertz CT molecular complexity index is 1100. The molecule has 3 N–H and O–H groups in total. The van der Waals surface area contributed by atoms with Crippen LogP contribution in [0.25, 0.3) is 17.0 Å². The van der Waals surface area contributed by atoms with Crippen LogP contribution in [0.2, 0.25) is 0 Å². The number of quaternary nitrogens is 1. The fourth-order valence-corrected chi connectivity index (χ4v) is 5.99. The molecule has 0 unspecified atom stereocenters. The zero-order valence-electron chi connectivity index (χ0n) is 19.4. The van der Waals surface area contributed by atoms with Gasteiger partial charge in [0, 0.05) is 63.6 Å². The van der Waals surface area contributed by atoms with Crippen LogP contribution >= 0.6 is 0 Å². The molecule has 0 saturated carbocycles. The third kappa shape index (κ3) is 3.73. The molecule has 2 saturated heterocycles. The highest BCUT2D eigenvalue weighted by molar-refractivity contribution is 5.93. The summed E-state index contributed by atoms with van der Waals surface area (Å²) in [5.74, 6) is 1.72. The number of hydrogen-bond acceptors (Lipinski definition) is 8. The second-order valence-corrected chi connectivity index (χ2v) is 9.60. The van der Waals surface area contributed by atoms with E-state index in [1.165, 1.54) is 6.20 Å². The Kier molecular flexibility index (Phi) is 5.86. The number of pyridine rings is 1. The maximum atomic E-state index is 10.1. The van der Waals surface area contributed by atoms with Crippen molar-refractivity contribution in [2.45, 2.75) is 44.2 Å². The molecule has 9 nitrogen and oxygen atoms in total. The quantitative estimate of drug-likeness (QED) is 0.600. The van der Waals surface area contributed by atoms with E-state index in [1.807, 2.05) is 0 Å². The third-order valence-electron chi connectivity index (χ3n) is 7.69. The first-order chi connectivity index (χ1) is 16.8. The van der Waals surface area contributed by atoms with Gasteiger partial charge in [-0.1, -0.05) is 6.08 Å². The van der Waals surface area contributed by atoms with Crippen molar-refractivity contribution in [3.63, 3.8) is 0 Å². The first-order valence-corrected chi connectivity index (χ1v) is 12.4. The van der Waals surface area contributed by atoms with Crippen LogP contribution in [0.4, 0.5) is 11.5 Å². The maximum Gasteiger partial charge on any atom is 0.264 e. The number of aromatic hydroxyl groups is 1. The van der Waals surface area contributed by atoms with Crippen LogP contribution in [0.1, 0.15) is 37.8 Å². The van der Waals surface area contributed by atoms with E-state index < -0.39 is 0 Å². The standard InChI is InChI=1S/C25H31N7O2/c33-21-13-18(14-28-15-21)24-30-22(17-5-11-34-12-6-17)23-25(31-24)32(16-29-23,19-1-7-26-8-2-19)20-3-9-27-10-4-20/h5,13-16,19-20,26-27H,1-4,6-12H2/p+1. The van der Waals surface area contributed by atoms with E-state index in [1.54, 1.807) is 12.3 Å². The Morgan fingerprint density at radius 1 is 0.971 bits per heavy atom. The van der Waals surface area contributed by atoms with E-state index in [0.717, 1.165) is 86.6 Å². The van der Waals surface area contributed by atoms with Gasteiger partial charge in [0.15, 0.2) is 17.9 Å². The molecule has 0 bridgehead atoms. The molecule has 4 aliphatic heterocycles. The van der Waals surface area contributed by atoms with Crippen molar-refractivity contribution in [3.05, 3.63) is 30.2 Å². The largest absolute Gasteiger partial charge is 0.506 e. The first-order valence-electron chi connectivity index (χ1n) is 12.4. The predicted molar refractivity (Wildman–Crippen MR) is 132 cm³/mol. The molecule has 4 aliphatic rings. The van der Waals surface area contributed by atoms with Gasteiger partial charge in [-0.05, 0) is 18.1 Å². The minimum Gasteiger partial charge on any atom is -0.506 e. The number of nitrogens with one attached hydrogen (secondary N) is 2. The highest BCUT2D eigenvalue weighted by atomic mass is 16.5. The van der Waals surface area contributed by atoms with Crippen LogP contribution in [0.15, 0.2) is 29.5 Å². The van der Waals surface area contributed by atoms with Crippen LogP contribution in [-0.2, 0) is 4.74 Å². The molecule has 0 aromatic carbocycles. The van der Waals surface area contributed by atoms with Crippen molar-refractivity contribution in [2.24, 2.45) is 4.99 Å². The topological polar surface area (TPSA) is 105 Å². The lowest BCUT2D eigenvalue weighted by Gasteiger charge is -2.46. The molecule has 0 spiro atoms. The monoisotopic (exact) mass is 462 g/mol. The van der Waals surface area contributed by atoms with Crippen LogP contribution in [0, 0.1) is 0 Å². The highest BCUT2D eigenvalue weighted by Crippen LogP contribution is 2.48. The average molecular weight is 463 g/mol. The molecule has 6 heterocycles. The number of aromatic nitrogens is 3. The number of piperidine rings is 2. The molecular weight excluding hydrogens is 430 g/mol. The summed E-state index contributed by atoms with van der Waals surface area (Å²) in [4.78, 5) is 19.5. The maximum absolute atomic E-state index is 10.1. The SMILES string of the molecule is Oc1cncc(-c2nc(C3=CCOCC3)c3c(n2)[N+](C2CCNCC2)(C2CCNCC2)C=N3)c1. The van der Waals surface area contributed by atoms with Gasteiger partial charge in [-0.15, -0.1) is 0 Å². The molecule has 178 valence electrons. The van der Waals surface area contributed by atoms with Gasteiger partial charge in [-0.25, -0.2) is 9.47 Å². The van der Waals surface area contributed by atoms with E-state index in [2.05, 4.69) is 28.0 Å². The Morgan fingerprint density at radius 2 is 1.71 bits per heavy atom. The summed E-state index contributed by atoms with van der Waals surface area (Å²) in [5.41, 5.74) is 3.68. The fraction of sp³-hybridized carbons (Fsp3) is 0.520. The molecule has 6 rings (SSSR count). The molecule has 2 aromatic heterocycles. The molecule has 0 radical (unpaired) electrons. The summed E-state index contributed by atoms with van der Waals surface area (Å²) in [7, 11) is 0. The van der Waals surface area contributed by atoms with Gasteiger partial charge in [-0.2, -0.15) is 9.98 Å². The van der Waals surface area contributed by atoms with Crippen molar-refractivity contribution < 1.29 is 9.84 Å². The second kappa shape index (κ2) is 9.14. The second-order valence-electron chi connectivity index (χ2n) is 9.60. The molecule has 34 heavy (non-hydrogen) atoms. The number of nitrogens with zero attached hydrogens (tertiary/aromatic N) is 5. The lowest BCUT2D eigenvalue weighted by atomic mass is 9.93. The van der Waals surface area contributed by atoms with Gasteiger partial charge < -0.3 is 20.5 Å². The van der Waals surface area contributed by atoms with E-state index in [0.29, 0.717) is 35.6 Å². The van der Waals surface area contributed by atoms with Crippen molar-refractivity contribution >= 4 is 23.4 Å². The average Bonchev–Trinajstić information content (AvgIpc) is 3.30. The van der Waals surface area contributed by atoms with E-state index in [9.17, 15) is 5.11 Å². The summed E-state index contributed by atoms with van der Waals surface area (Å²) in [6.45, 7) is 5.33. The summed E-state index contributed by atoms with van der Waals surface area (Å²) >= 11 is 0. The third-order valence-corrected chi connectivity index (χ3v) is 7.69. The van der Waals surface area contributed by atoms with E-state index in [4.69, 9.17) is 19.7 Å². The summed E-state index contributed by atoms with van der Waals surface area (Å²) < 4.78 is 6.29. The molecule has 0 amide bonds. The van der Waals surface area contributed by atoms with Crippen LogP contribution in [-0.4, -0.2) is 77.9 Å². The van der Waals surface area contributed by atoms with Crippen molar-refractivity contribution in [3.8, 4) is 17.1 Å². The minimum absolute atomic E-state index is 0.113. The zero-order valence-corrected chi connectivity index (χ0v) is 19.4. The Morgan fingerprint density at radius 3 is 2.35 bits per heavy atom. The zero-order chi connectivity index (χ0) is 23.0. The lowest BCUT2D eigenvalue weighted by Crippen LogP contribution is -2.65. The van der Waals surface area contributed by atoms with Crippen molar-refractivity contribution in [2.75, 3.05) is 39.4 Å². The molecule has 2 aromatic rings. The normalized spacial score (nSPS) is 23.0. The lowest BCUT2D eigenvalue weighted by molar-refractivity contribution is 0.161. The van der Waals surface area contributed by atoms with Crippen molar-refractivity contribution in [1.29, 1.82) is 0 Å². The first kappa shape index (κ1) is 21.8. The van der Waals surface area contributed by atoms with Gasteiger partial charge in [-0.3, -0.25) is 4.98 Å².